The molecule has 0 bridgehead atoms. The van der Waals surface area contributed by atoms with E-state index in [-0.39, 0.29) is 0 Å². The number of aromatic nitrogens is 2. The van der Waals surface area contributed by atoms with Gasteiger partial charge in [0.2, 0.25) is 6.41 Å². The number of H-pyrrole nitrogens is 2. The molecule has 6 rings (SSSR count). The third kappa shape index (κ3) is 1.61. The Morgan fingerprint density at radius 1 is 0.750 bits per heavy atom. The lowest BCUT2D eigenvalue weighted by Gasteiger charge is -2.09. The number of aromatic amines is 2. The van der Waals surface area contributed by atoms with Crippen LogP contribution in [-0.2, 0) is 4.79 Å². The summed E-state index contributed by atoms with van der Waals surface area (Å²) in [5.74, 6) is -1.07. The molecule has 0 unspecified atom stereocenters. The molecular weight excluding hydrogens is 356 g/mol. The highest BCUT2D eigenvalue weighted by Crippen LogP contribution is 2.43. The van der Waals surface area contributed by atoms with Crippen molar-refractivity contribution in [2.75, 3.05) is 0 Å². The number of imide groups is 1. The molecule has 0 aliphatic carbocycles. The Morgan fingerprint density at radius 3 is 1.68 bits per heavy atom. The van der Waals surface area contributed by atoms with Crippen LogP contribution >= 0.6 is 0 Å². The first-order chi connectivity index (χ1) is 13.7. The Balaban J connectivity index is 1.93. The lowest BCUT2D eigenvalue weighted by atomic mass is 9.97. The number of carbonyl (C=O) groups excluding carboxylic acids is 3. The summed E-state index contributed by atoms with van der Waals surface area (Å²) in [6.45, 7) is 0. The molecule has 0 fully saturated rings. The number of para-hydroxylation sites is 2. The second kappa shape index (κ2) is 4.98. The van der Waals surface area contributed by atoms with Crippen LogP contribution in [0.4, 0.5) is 0 Å². The van der Waals surface area contributed by atoms with E-state index in [4.69, 9.17) is 0 Å². The number of carbonyl (C=O) groups is 3. The minimum absolute atomic E-state index is 0.309. The van der Waals surface area contributed by atoms with Gasteiger partial charge < -0.3 is 9.97 Å². The Hall–Kier alpha value is -4.13. The van der Waals surface area contributed by atoms with Crippen molar-refractivity contribution in [2.24, 2.45) is 0 Å². The van der Waals surface area contributed by atoms with Crippen molar-refractivity contribution in [3.05, 3.63) is 59.7 Å². The average molecular weight is 368 g/mol. The number of hydrazine groups is 1. The van der Waals surface area contributed by atoms with Crippen LogP contribution in [0, 0.1) is 0 Å². The smallest absolute Gasteiger partial charge is 0.281 e. The van der Waals surface area contributed by atoms with Gasteiger partial charge in [0.25, 0.3) is 11.8 Å². The first-order valence-electron chi connectivity index (χ1n) is 8.76. The SMILES string of the molecule is O=CNN1C(=O)c2c(c3c4ccccc4[nH]c3c3[nH]c4ccccc4c23)C1=O. The lowest BCUT2D eigenvalue weighted by Crippen LogP contribution is -2.41. The van der Waals surface area contributed by atoms with Crippen LogP contribution < -0.4 is 5.43 Å². The summed E-state index contributed by atoms with van der Waals surface area (Å²) in [5, 5.41) is 3.84. The Bertz CT molecular complexity index is 1400. The summed E-state index contributed by atoms with van der Waals surface area (Å²) >= 11 is 0. The van der Waals surface area contributed by atoms with Crippen molar-refractivity contribution in [1.82, 2.24) is 20.4 Å². The van der Waals surface area contributed by atoms with E-state index in [9.17, 15) is 14.4 Å². The maximum absolute atomic E-state index is 13.1. The summed E-state index contributed by atoms with van der Waals surface area (Å²) in [4.78, 5) is 44.0. The van der Waals surface area contributed by atoms with Crippen LogP contribution in [0.25, 0.3) is 43.6 Å². The molecule has 134 valence electrons. The zero-order valence-electron chi connectivity index (χ0n) is 14.4. The summed E-state index contributed by atoms with van der Waals surface area (Å²) < 4.78 is 0. The summed E-state index contributed by atoms with van der Waals surface area (Å²) in [7, 11) is 0. The van der Waals surface area contributed by atoms with Crippen LogP contribution in [-0.4, -0.2) is 33.2 Å². The van der Waals surface area contributed by atoms with Crippen LogP contribution in [0.2, 0.25) is 0 Å². The number of rotatable bonds is 2. The van der Waals surface area contributed by atoms with Gasteiger partial charge in [-0.3, -0.25) is 19.8 Å². The molecular formula is C21H12N4O3. The number of fused-ring (bicyclic) bond motifs is 10. The number of amides is 3. The standard InChI is InChI=1S/C21H12N4O3/c26-9-22-25-20(27)16-14-10-5-1-3-7-12(10)23-18(14)19-15(17(16)21(25)28)11-6-2-4-8-13(11)24-19/h1-9,23-24H,(H,22,26). The molecule has 28 heavy (non-hydrogen) atoms. The molecule has 0 saturated heterocycles. The third-order valence-corrected chi connectivity index (χ3v) is 5.43. The first-order valence-corrected chi connectivity index (χ1v) is 8.76. The highest BCUT2D eigenvalue weighted by molar-refractivity contribution is 6.39. The maximum Gasteiger partial charge on any atom is 0.281 e. The maximum atomic E-state index is 13.1. The molecule has 0 atom stereocenters. The number of nitrogens with one attached hydrogen (secondary N) is 3. The van der Waals surface area contributed by atoms with Crippen molar-refractivity contribution >= 4 is 61.8 Å². The third-order valence-electron chi connectivity index (χ3n) is 5.43. The number of benzene rings is 3. The lowest BCUT2D eigenvalue weighted by molar-refractivity contribution is -0.112. The van der Waals surface area contributed by atoms with Gasteiger partial charge in [-0.1, -0.05) is 36.4 Å². The van der Waals surface area contributed by atoms with Crippen molar-refractivity contribution in [3.63, 3.8) is 0 Å². The average Bonchev–Trinajstić information content (AvgIpc) is 3.35. The molecule has 2 aromatic heterocycles. The van der Waals surface area contributed by atoms with Crippen LogP contribution in [0.5, 0.6) is 0 Å². The molecule has 1 aliphatic rings. The van der Waals surface area contributed by atoms with E-state index in [0.717, 1.165) is 37.8 Å². The zero-order chi connectivity index (χ0) is 19.0. The predicted octanol–water partition coefficient (Wildman–Crippen LogP) is 3.21. The van der Waals surface area contributed by atoms with E-state index >= 15 is 0 Å². The van der Waals surface area contributed by atoms with E-state index in [0.29, 0.717) is 28.3 Å². The van der Waals surface area contributed by atoms with E-state index in [1.165, 1.54) is 0 Å². The molecule has 7 heteroatoms. The van der Waals surface area contributed by atoms with Crippen LogP contribution in [0.1, 0.15) is 20.7 Å². The fourth-order valence-corrected chi connectivity index (χ4v) is 4.34. The van der Waals surface area contributed by atoms with Gasteiger partial charge in [-0.2, -0.15) is 5.01 Å². The largest absolute Gasteiger partial charge is 0.353 e. The van der Waals surface area contributed by atoms with Gasteiger partial charge >= 0.3 is 0 Å². The van der Waals surface area contributed by atoms with E-state index < -0.39 is 11.8 Å². The van der Waals surface area contributed by atoms with Crippen molar-refractivity contribution in [1.29, 1.82) is 0 Å². The fraction of sp³-hybridized carbons (Fsp3) is 0. The van der Waals surface area contributed by atoms with Crippen LogP contribution in [0.15, 0.2) is 48.5 Å². The second-order valence-electron chi connectivity index (χ2n) is 6.78. The highest BCUT2D eigenvalue weighted by atomic mass is 16.2. The second-order valence-corrected chi connectivity index (χ2v) is 6.78. The monoisotopic (exact) mass is 368 g/mol. The van der Waals surface area contributed by atoms with Crippen molar-refractivity contribution in [3.8, 4) is 0 Å². The summed E-state index contributed by atoms with van der Waals surface area (Å²) in [6.07, 6.45) is 0.334. The molecule has 0 radical (unpaired) electrons. The predicted molar refractivity (Wildman–Crippen MR) is 105 cm³/mol. The van der Waals surface area contributed by atoms with Gasteiger partial charge in [-0.25, -0.2) is 0 Å². The van der Waals surface area contributed by atoms with Gasteiger partial charge in [0.1, 0.15) is 0 Å². The van der Waals surface area contributed by atoms with Gasteiger partial charge in [0.05, 0.1) is 22.2 Å². The highest BCUT2D eigenvalue weighted by Gasteiger charge is 2.41. The van der Waals surface area contributed by atoms with Crippen LogP contribution in [0.3, 0.4) is 0 Å². The van der Waals surface area contributed by atoms with Gasteiger partial charge in [-0.05, 0) is 12.1 Å². The van der Waals surface area contributed by atoms with Gasteiger partial charge in [0, 0.05) is 32.6 Å². The van der Waals surface area contributed by atoms with E-state index in [1.807, 2.05) is 48.5 Å². The minimum Gasteiger partial charge on any atom is -0.353 e. The van der Waals surface area contributed by atoms with Gasteiger partial charge in [-0.15, -0.1) is 0 Å². The zero-order valence-corrected chi connectivity index (χ0v) is 14.4. The van der Waals surface area contributed by atoms with Crippen molar-refractivity contribution < 1.29 is 14.4 Å². The summed E-state index contributed by atoms with van der Waals surface area (Å²) in [5.41, 5.74) is 6.12. The number of hydrogen-bond donors (Lipinski definition) is 3. The molecule has 3 amide bonds. The van der Waals surface area contributed by atoms with E-state index in [2.05, 4.69) is 15.4 Å². The Labute approximate surface area is 156 Å². The number of nitrogens with zero attached hydrogens (tertiary/aromatic N) is 1. The molecule has 7 nitrogen and oxygen atoms in total. The molecule has 3 heterocycles. The topological polar surface area (TPSA) is 98.1 Å². The molecule has 0 spiro atoms. The summed E-state index contributed by atoms with van der Waals surface area (Å²) in [6, 6.07) is 15.3. The first kappa shape index (κ1) is 15.0. The molecule has 3 N–H and O–H groups in total. The quantitative estimate of drug-likeness (QED) is 0.330. The fourth-order valence-electron chi connectivity index (χ4n) is 4.34. The van der Waals surface area contributed by atoms with E-state index in [1.54, 1.807) is 0 Å². The van der Waals surface area contributed by atoms with Crippen molar-refractivity contribution in [2.45, 2.75) is 0 Å². The normalized spacial score (nSPS) is 13.9. The molecule has 1 aliphatic heterocycles. The minimum atomic E-state index is -0.533. The molecule has 5 aromatic rings. The molecule has 0 saturated carbocycles. The van der Waals surface area contributed by atoms with Gasteiger partial charge in [0.15, 0.2) is 0 Å². The Kier molecular flexibility index (Phi) is 2.66. The Morgan fingerprint density at radius 2 is 1.21 bits per heavy atom. The number of hydrogen-bond acceptors (Lipinski definition) is 3. The molecule has 3 aromatic carbocycles.